The van der Waals surface area contributed by atoms with Crippen molar-refractivity contribution in [2.24, 2.45) is 0 Å². The molecule has 0 spiro atoms. The molecule has 3 heterocycles. The van der Waals surface area contributed by atoms with Crippen LogP contribution in [0, 0.1) is 20.8 Å². The third-order valence-electron chi connectivity index (χ3n) is 6.87. The number of benzene rings is 3. The molecular weight excluding hydrogens is 504 g/mol. The van der Waals surface area contributed by atoms with Gasteiger partial charge in [0.2, 0.25) is 5.76 Å². The molecule has 0 aliphatic carbocycles. The Labute approximate surface area is 223 Å². The van der Waals surface area contributed by atoms with Crippen LogP contribution in [0.25, 0.3) is 11.0 Å². The fourth-order valence-corrected chi connectivity index (χ4v) is 4.99. The van der Waals surface area contributed by atoms with Crippen molar-refractivity contribution >= 4 is 34.3 Å². The van der Waals surface area contributed by atoms with Gasteiger partial charge in [-0.2, -0.15) is 0 Å². The van der Waals surface area contributed by atoms with E-state index in [0.29, 0.717) is 38.9 Å². The number of hydrogen-bond donors (Lipinski definition) is 0. The van der Waals surface area contributed by atoms with Crippen LogP contribution < -0.4 is 15.1 Å². The first-order chi connectivity index (χ1) is 18.3. The van der Waals surface area contributed by atoms with E-state index in [1.165, 1.54) is 4.90 Å². The van der Waals surface area contributed by atoms with E-state index in [-0.39, 0.29) is 23.4 Å². The molecule has 1 amide bonds. The SMILES string of the molecule is Cc1cc(N2C(=O)c3oc4cc(C)c(C)cc4c(=O)c3[C@@H]2c2cccc(OCc3ccccc3Cl)c2)no1. The maximum atomic E-state index is 13.9. The van der Waals surface area contributed by atoms with Crippen molar-refractivity contribution < 1.29 is 18.5 Å². The van der Waals surface area contributed by atoms with Gasteiger partial charge in [0.05, 0.1) is 17.0 Å². The second-order valence-electron chi connectivity index (χ2n) is 9.43. The maximum absolute atomic E-state index is 13.9. The largest absolute Gasteiger partial charge is 0.489 e. The number of ether oxygens (including phenoxy) is 1. The van der Waals surface area contributed by atoms with Gasteiger partial charge in [-0.25, -0.2) is 0 Å². The van der Waals surface area contributed by atoms with E-state index in [4.69, 9.17) is 25.3 Å². The summed E-state index contributed by atoms with van der Waals surface area (Å²) in [6.07, 6.45) is 0. The Hall–Kier alpha value is -4.36. The van der Waals surface area contributed by atoms with Crippen molar-refractivity contribution in [2.75, 3.05) is 4.90 Å². The van der Waals surface area contributed by atoms with Crippen LogP contribution in [-0.2, 0) is 6.61 Å². The van der Waals surface area contributed by atoms with Gasteiger partial charge in [0.15, 0.2) is 11.2 Å². The van der Waals surface area contributed by atoms with Crippen LogP contribution >= 0.6 is 11.6 Å². The van der Waals surface area contributed by atoms with Gasteiger partial charge in [0, 0.05) is 16.7 Å². The van der Waals surface area contributed by atoms with Gasteiger partial charge in [0.25, 0.3) is 5.91 Å². The molecule has 3 aromatic carbocycles. The summed E-state index contributed by atoms with van der Waals surface area (Å²) < 4.78 is 17.4. The summed E-state index contributed by atoms with van der Waals surface area (Å²) in [5.41, 5.74) is 3.82. The lowest BCUT2D eigenvalue weighted by Crippen LogP contribution is -2.29. The molecule has 0 radical (unpaired) electrons. The summed E-state index contributed by atoms with van der Waals surface area (Å²) in [7, 11) is 0. The first-order valence-corrected chi connectivity index (χ1v) is 12.5. The topological polar surface area (TPSA) is 85.8 Å². The van der Waals surface area contributed by atoms with E-state index in [9.17, 15) is 9.59 Å². The summed E-state index contributed by atoms with van der Waals surface area (Å²) in [5, 5.41) is 5.12. The number of carbonyl (C=O) groups is 1. The number of amides is 1. The molecular formula is C30H23ClN2O5. The van der Waals surface area contributed by atoms with E-state index in [0.717, 1.165) is 16.7 Å². The van der Waals surface area contributed by atoms with Crippen LogP contribution in [0.1, 0.15) is 50.2 Å². The average Bonchev–Trinajstić information content (AvgIpc) is 3.45. The zero-order chi connectivity index (χ0) is 26.6. The van der Waals surface area contributed by atoms with Crippen molar-refractivity contribution in [3.05, 3.63) is 121 Å². The molecule has 190 valence electrons. The number of halogens is 1. The Morgan fingerprint density at radius 2 is 1.76 bits per heavy atom. The number of anilines is 1. The zero-order valence-electron chi connectivity index (χ0n) is 20.9. The minimum Gasteiger partial charge on any atom is -0.489 e. The predicted octanol–water partition coefficient (Wildman–Crippen LogP) is 6.69. The number of fused-ring (bicyclic) bond motifs is 2. The van der Waals surface area contributed by atoms with Crippen LogP contribution in [-0.4, -0.2) is 11.1 Å². The number of nitrogens with zero attached hydrogens (tertiary/aromatic N) is 2. The van der Waals surface area contributed by atoms with Gasteiger partial charge >= 0.3 is 0 Å². The normalized spacial score (nSPS) is 14.8. The van der Waals surface area contributed by atoms with Crippen LogP contribution in [0.4, 0.5) is 5.82 Å². The molecule has 1 aliphatic rings. The van der Waals surface area contributed by atoms with E-state index in [1.54, 1.807) is 19.1 Å². The lowest BCUT2D eigenvalue weighted by Gasteiger charge is -2.23. The molecule has 0 unspecified atom stereocenters. The molecule has 0 saturated carbocycles. The lowest BCUT2D eigenvalue weighted by atomic mass is 9.97. The molecule has 0 N–H and O–H groups in total. The predicted molar refractivity (Wildman–Crippen MR) is 144 cm³/mol. The molecule has 0 saturated heterocycles. The second-order valence-corrected chi connectivity index (χ2v) is 9.84. The molecule has 0 bridgehead atoms. The Kier molecular flexibility index (Phi) is 5.80. The molecule has 38 heavy (non-hydrogen) atoms. The fourth-order valence-electron chi connectivity index (χ4n) is 4.80. The smallest absolute Gasteiger partial charge is 0.296 e. The third kappa shape index (κ3) is 3.96. The zero-order valence-corrected chi connectivity index (χ0v) is 21.7. The van der Waals surface area contributed by atoms with Gasteiger partial charge < -0.3 is 13.7 Å². The Balaban J connectivity index is 1.49. The quantitative estimate of drug-likeness (QED) is 0.253. The summed E-state index contributed by atoms with van der Waals surface area (Å²) in [4.78, 5) is 29.1. The van der Waals surface area contributed by atoms with Gasteiger partial charge in [-0.15, -0.1) is 0 Å². The molecule has 5 aromatic rings. The summed E-state index contributed by atoms with van der Waals surface area (Å²) >= 11 is 6.29. The fraction of sp³-hybridized carbons (Fsp3) is 0.167. The lowest BCUT2D eigenvalue weighted by molar-refractivity contribution is 0.0969. The molecule has 8 heteroatoms. The standard InChI is InChI=1S/C30H23ClN2O5/c1-16-11-22-24(12-17(16)2)37-29-26(28(22)34)27(33(30(29)35)25-13-18(3)38-32-25)19-8-6-9-21(14-19)36-15-20-7-4-5-10-23(20)31/h4-14,27H,15H2,1-3H3/t27-/m0/s1. The minimum atomic E-state index is -0.784. The van der Waals surface area contributed by atoms with Gasteiger partial charge in [0.1, 0.15) is 23.7 Å². The first kappa shape index (κ1) is 24.0. The number of hydrogen-bond acceptors (Lipinski definition) is 6. The number of carbonyl (C=O) groups excluding carboxylic acids is 1. The van der Waals surface area contributed by atoms with Gasteiger partial charge in [-0.1, -0.05) is 47.1 Å². The maximum Gasteiger partial charge on any atom is 0.296 e. The second kappa shape index (κ2) is 9.19. The molecule has 6 rings (SSSR count). The van der Waals surface area contributed by atoms with Crippen molar-refractivity contribution in [1.29, 1.82) is 0 Å². The molecule has 1 atom stereocenters. The van der Waals surface area contributed by atoms with E-state index in [2.05, 4.69) is 5.16 Å². The highest BCUT2D eigenvalue weighted by Gasteiger charge is 2.45. The molecule has 2 aromatic heterocycles. The summed E-state index contributed by atoms with van der Waals surface area (Å²) in [6.45, 7) is 5.88. The van der Waals surface area contributed by atoms with Crippen LogP contribution in [0.5, 0.6) is 5.75 Å². The molecule has 7 nitrogen and oxygen atoms in total. The molecule has 0 fully saturated rings. The minimum absolute atomic E-state index is 0.00112. The highest BCUT2D eigenvalue weighted by Crippen LogP contribution is 2.42. The average molecular weight is 527 g/mol. The van der Waals surface area contributed by atoms with E-state index in [1.807, 2.05) is 68.4 Å². The van der Waals surface area contributed by atoms with Gasteiger partial charge in [-0.05, 0) is 67.8 Å². The Morgan fingerprint density at radius 1 is 0.974 bits per heavy atom. The van der Waals surface area contributed by atoms with Crippen molar-refractivity contribution in [3.8, 4) is 5.75 Å². The van der Waals surface area contributed by atoms with E-state index < -0.39 is 11.9 Å². The first-order valence-electron chi connectivity index (χ1n) is 12.1. The number of aromatic nitrogens is 1. The van der Waals surface area contributed by atoms with Crippen molar-refractivity contribution in [1.82, 2.24) is 5.16 Å². The van der Waals surface area contributed by atoms with Crippen LogP contribution in [0.2, 0.25) is 5.02 Å². The summed E-state index contributed by atoms with van der Waals surface area (Å²) in [6, 6.07) is 19.2. The highest BCUT2D eigenvalue weighted by atomic mass is 35.5. The molecule has 1 aliphatic heterocycles. The number of rotatable bonds is 5. The van der Waals surface area contributed by atoms with Crippen molar-refractivity contribution in [3.63, 3.8) is 0 Å². The Morgan fingerprint density at radius 3 is 2.53 bits per heavy atom. The van der Waals surface area contributed by atoms with Crippen LogP contribution in [0.15, 0.2) is 80.5 Å². The van der Waals surface area contributed by atoms with E-state index >= 15 is 0 Å². The highest BCUT2D eigenvalue weighted by molar-refractivity contribution is 6.31. The van der Waals surface area contributed by atoms with Crippen molar-refractivity contribution in [2.45, 2.75) is 33.4 Å². The number of aryl methyl sites for hydroxylation is 3. The monoisotopic (exact) mass is 526 g/mol. The van der Waals surface area contributed by atoms with Crippen LogP contribution in [0.3, 0.4) is 0 Å². The summed E-state index contributed by atoms with van der Waals surface area (Å²) in [5.74, 6) is 0.935. The Bertz CT molecular complexity index is 1790. The third-order valence-corrected chi connectivity index (χ3v) is 7.24. The van der Waals surface area contributed by atoms with Gasteiger partial charge in [-0.3, -0.25) is 14.5 Å².